The Kier molecular flexibility index (Phi) is 2.86. The smallest absolute Gasteiger partial charge is 0.239 e. The van der Waals surface area contributed by atoms with Crippen LogP contribution in [0.5, 0.6) is 28.7 Å². The Balaban J connectivity index is 2.10. The molecule has 0 bridgehead atoms. The molecule has 0 radical (unpaired) electrons. The molecule has 2 aromatic carbocycles. The van der Waals surface area contributed by atoms with Crippen LogP contribution in [0.25, 0.3) is 22.3 Å². The quantitative estimate of drug-likeness (QED) is 0.589. The van der Waals surface area contributed by atoms with E-state index in [1.165, 1.54) is 31.4 Å². The minimum absolute atomic E-state index is 0.0130. The first-order chi connectivity index (χ1) is 11.5. The number of benzene rings is 2. The van der Waals surface area contributed by atoms with E-state index in [2.05, 4.69) is 0 Å². The van der Waals surface area contributed by atoms with Gasteiger partial charge in [-0.15, -0.1) is 0 Å². The summed E-state index contributed by atoms with van der Waals surface area (Å²) >= 11 is 0. The van der Waals surface area contributed by atoms with Gasteiger partial charge in [-0.05, 0) is 12.1 Å². The number of fused-ring (bicyclic) bond motifs is 4. The van der Waals surface area contributed by atoms with E-state index in [0.29, 0.717) is 16.9 Å². The predicted octanol–water partition coefficient (Wildman–Crippen LogP) is 2.48. The van der Waals surface area contributed by atoms with Crippen LogP contribution in [0.4, 0.5) is 0 Å². The molecule has 1 aliphatic heterocycles. The van der Waals surface area contributed by atoms with Crippen LogP contribution in [-0.2, 0) is 6.61 Å². The maximum Gasteiger partial charge on any atom is 0.239 e. The summed E-state index contributed by atoms with van der Waals surface area (Å²) in [7, 11) is 1.43. The molecule has 0 spiro atoms. The van der Waals surface area contributed by atoms with Gasteiger partial charge in [0.2, 0.25) is 11.2 Å². The Morgan fingerprint density at radius 3 is 2.67 bits per heavy atom. The molecule has 1 aromatic heterocycles. The molecular weight excluding hydrogens is 316 g/mol. The molecule has 122 valence electrons. The van der Waals surface area contributed by atoms with Crippen molar-refractivity contribution in [2.75, 3.05) is 7.11 Å². The highest BCUT2D eigenvalue weighted by Crippen LogP contribution is 2.44. The van der Waals surface area contributed by atoms with Crippen molar-refractivity contribution in [1.29, 1.82) is 0 Å². The Bertz CT molecular complexity index is 1050. The maximum atomic E-state index is 12.7. The summed E-state index contributed by atoms with van der Waals surface area (Å²) in [5, 5.41) is 29.6. The zero-order chi connectivity index (χ0) is 17.0. The van der Waals surface area contributed by atoms with Gasteiger partial charge in [-0.2, -0.15) is 0 Å². The molecule has 1 aliphatic rings. The van der Waals surface area contributed by atoms with Crippen LogP contribution in [0.2, 0.25) is 0 Å². The highest BCUT2D eigenvalue weighted by molar-refractivity contribution is 5.89. The molecule has 4 rings (SSSR count). The van der Waals surface area contributed by atoms with Crippen LogP contribution in [0.1, 0.15) is 5.56 Å². The molecule has 0 amide bonds. The van der Waals surface area contributed by atoms with Crippen molar-refractivity contribution >= 4 is 11.0 Å². The molecule has 0 aliphatic carbocycles. The average molecular weight is 328 g/mol. The maximum absolute atomic E-state index is 12.7. The van der Waals surface area contributed by atoms with Crippen molar-refractivity contribution in [1.82, 2.24) is 0 Å². The fourth-order valence-corrected chi connectivity index (χ4v) is 2.81. The van der Waals surface area contributed by atoms with E-state index in [-0.39, 0.29) is 46.3 Å². The molecule has 2 heterocycles. The van der Waals surface area contributed by atoms with Crippen LogP contribution in [0.15, 0.2) is 33.5 Å². The molecule has 0 atom stereocenters. The molecule has 0 saturated carbocycles. The number of rotatable bonds is 1. The minimum Gasteiger partial charge on any atom is -0.507 e. The monoisotopic (exact) mass is 328 g/mol. The lowest BCUT2D eigenvalue weighted by molar-refractivity contribution is 0.280. The third kappa shape index (κ3) is 1.81. The molecule has 0 unspecified atom stereocenters. The first kappa shape index (κ1) is 14.3. The van der Waals surface area contributed by atoms with Crippen molar-refractivity contribution in [3.8, 4) is 40.1 Å². The summed E-state index contributed by atoms with van der Waals surface area (Å²) in [6.45, 7) is -0.101. The third-order valence-corrected chi connectivity index (χ3v) is 4.01. The number of aromatic hydroxyl groups is 3. The number of hydrogen-bond donors (Lipinski definition) is 3. The average Bonchev–Trinajstić information content (AvgIpc) is 2.57. The van der Waals surface area contributed by atoms with Gasteiger partial charge in [0, 0.05) is 23.3 Å². The van der Waals surface area contributed by atoms with E-state index in [1.54, 1.807) is 0 Å². The van der Waals surface area contributed by atoms with E-state index >= 15 is 0 Å². The molecule has 7 nitrogen and oxygen atoms in total. The van der Waals surface area contributed by atoms with Crippen LogP contribution in [0.3, 0.4) is 0 Å². The van der Waals surface area contributed by atoms with E-state index < -0.39 is 5.43 Å². The highest BCUT2D eigenvalue weighted by atomic mass is 16.5. The van der Waals surface area contributed by atoms with E-state index in [1.807, 2.05) is 0 Å². The summed E-state index contributed by atoms with van der Waals surface area (Å²) in [6, 6.07) is 5.62. The lowest BCUT2D eigenvalue weighted by Crippen LogP contribution is -2.15. The lowest BCUT2D eigenvalue weighted by atomic mass is 10.00. The number of methoxy groups -OCH3 is 1. The lowest BCUT2D eigenvalue weighted by Gasteiger charge is -2.20. The van der Waals surface area contributed by atoms with Crippen molar-refractivity contribution in [3.05, 3.63) is 40.1 Å². The summed E-state index contributed by atoms with van der Waals surface area (Å²) in [6.07, 6.45) is 0. The summed E-state index contributed by atoms with van der Waals surface area (Å²) in [5.74, 6) is -0.493. The fraction of sp³-hybridized carbons (Fsp3) is 0.118. The second kappa shape index (κ2) is 4.82. The van der Waals surface area contributed by atoms with Gasteiger partial charge in [-0.3, -0.25) is 4.79 Å². The Labute approximate surface area is 134 Å². The standard InChI is InChI=1S/C17H12O7/c1-22-7-4-11(19)13-12(5-7)24-16-8-2-3-10(18)14(20)9(8)6-23-17(16)15(13)21/h2-5,18-20H,6H2,1H3. The normalized spacial score (nSPS) is 12.4. The van der Waals surface area contributed by atoms with E-state index in [4.69, 9.17) is 13.9 Å². The topological polar surface area (TPSA) is 109 Å². The van der Waals surface area contributed by atoms with Crippen LogP contribution < -0.4 is 14.9 Å². The van der Waals surface area contributed by atoms with Gasteiger partial charge in [-0.1, -0.05) is 0 Å². The van der Waals surface area contributed by atoms with Crippen molar-refractivity contribution in [2.45, 2.75) is 6.61 Å². The Morgan fingerprint density at radius 2 is 1.92 bits per heavy atom. The highest BCUT2D eigenvalue weighted by Gasteiger charge is 2.28. The van der Waals surface area contributed by atoms with Crippen molar-refractivity contribution in [2.24, 2.45) is 0 Å². The molecule has 0 saturated heterocycles. The Morgan fingerprint density at radius 1 is 1.12 bits per heavy atom. The molecular formula is C17H12O7. The van der Waals surface area contributed by atoms with E-state index in [0.717, 1.165) is 0 Å². The number of ether oxygens (including phenoxy) is 2. The number of phenolic OH excluding ortho intramolecular Hbond substituents is 3. The van der Waals surface area contributed by atoms with Gasteiger partial charge >= 0.3 is 0 Å². The van der Waals surface area contributed by atoms with Gasteiger partial charge in [0.05, 0.1) is 7.11 Å². The van der Waals surface area contributed by atoms with Crippen molar-refractivity contribution < 1.29 is 29.2 Å². The summed E-state index contributed by atoms with van der Waals surface area (Å²) in [4.78, 5) is 12.7. The van der Waals surface area contributed by atoms with Gasteiger partial charge < -0.3 is 29.2 Å². The summed E-state index contributed by atoms with van der Waals surface area (Å²) < 4.78 is 16.2. The third-order valence-electron chi connectivity index (χ3n) is 4.01. The van der Waals surface area contributed by atoms with Gasteiger partial charge in [0.15, 0.2) is 17.3 Å². The van der Waals surface area contributed by atoms with Crippen LogP contribution in [-0.4, -0.2) is 22.4 Å². The summed E-state index contributed by atoms with van der Waals surface area (Å²) in [5.41, 5.74) is 0.356. The minimum atomic E-state index is -0.524. The largest absolute Gasteiger partial charge is 0.507 e. The van der Waals surface area contributed by atoms with Crippen molar-refractivity contribution in [3.63, 3.8) is 0 Å². The second-order valence-electron chi connectivity index (χ2n) is 5.36. The number of phenols is 3. The van der Waals surface area contributed by atoms with E-state index in [9.17, 15) is 20.1 Å². The zero-order valence-electron chi connectivity index (χ0n) is 12.5. The van der Waals surface area contributed by atoms with Gasteiger partial charge in [-0.25, -0.2) is 0 Å². The second-order valence-corrected chi connectivity index (χ2v) is 5.36. The number of hydrogen-bond acceptors (Lipinski definition) is 7. The SMILES string of the molecule is COc1cc(O)c2c(=O)c3c(oc2c1)-c1ccc(O)c(O)c1CO3. The van der Waals surface area contributed by atoms with Crippen LogP contribution in [0, 0.1) is 0 Å². The first-order valence-electron chi connectivity index (χ1n) is 7.06. The molecule has 3 N–H and O–H groups in total. The molecule has 3 aromatic rings. The molecule has 7 heteroatoms. The van der Waals surface area contributed by atoms with Gasteiger partial charge in [0.1, 0.15) is 29.1 Å². The predicted molar refractivity (Wildman–Crippen MR) is 83.8 cm³/mol. The zero-order valence-corrected chi connectivity index (χ0v) is 12.5. The van der Waals surface area contributed by atoms with Crippen LogP contribution >= 0.6 is 0 Å². The fourth-order valence-electron chi connectivity index (χ4n) is 2.81. The van der Waals surface area contributed by atoms with Gasteiger partial charge in [0.25, 0.3) is 0 Å². The Hall–Kier alpha value is -3.35. The molecule has 0 fully saturated rings. The first-order valence-corrected chi connectivity index (χ1v) is 7.06. The molecule has 24 heavy (non-hydrogen) atoms.